The lowest BCUT2D eigenvalue weighted by Crippen LogP contribution is -2.26. The van der Waals surface area contributed by atoms with E-state index in [9.17, 15) is 5.11 Å². The van der Waals surface area contributed by atoms with Crippen molar-refractivity contribution in [2.75, 3.05) is 0 Å². The van der Waals surface area contributed by atoms with E-state index in [1.54, 1.807) is 0 Å². The smallest absolute Gasteiger partial charge is 0.0812 e. The lowest BCUT2D eigenvalue weighted by molar-refractivity contribution is 0.0987. The molecular formula is C17H20BrNO. The molecule has 1 N–H and O–H groups in total. The van der Waals surface area contributed by atoms with Gasteiger partial charge in [0.25, 0.3) is 0 Å². The number of halogens is 1. The first-order chi connectivity index (χ1) is 9.39. The lowest BCUT2D eigenvalue weighted by atomic mass is 9.75. The molecule has 1 aromatic carbocycles. The van der Waals surface area contributed by atoms with Crippen LogP contribution in [-0.4, -0.2) is 9.67 Å². The van der Waals surface area contributed by atoms with Gasteiger partial charge in [-0.25, -0.2) is 0 Å². The molecule has 0 amide bonds. The molecule has 0 saturated carbocycles. The summed E-state index contributed by atoms with van der Waals surface area (Å²) in [6.07, 6.45) is 1.48. The molecule has 20 heavy (non-hydrogen) atoms. The van der Waals surface area contributed by atoms with Gasteiger partial charge in [0, 0.05) is 21.4 Å². The van der Waals surface area contributed by atoms with Gasteiger partial charge >= 0.3 is 0 Å². The Hall–Kier alpha value is -1.06. The molecule has 0 saturated heterocycles. The second kappa shape index (κ2) is 4.74. The Bertz CT molecular complexity index is 657. The SMILES string of the molecule is Cc1cc2c(n1-c1ccccc1Br)CC(C)(C)CC2O. The standard InChI is InChI=1S/C17H20BrNO/c1-11-8-12-15(9-17(2,3)10-16(12)20)19(11)14-7-5-4-6-13(14)18/h4-8,16,20H,9-10H2,1-3H3. The van der Waals surface area contributed by atoms with Crippen LogP contribution >= 0.6 is 15.9 Å². The van der Waals surface area contributed by atoms with Crippen molar-refractivity contribution in [1.29, 1.82) is 0 Å². The number of para-hydroxylation sites is 1. The lowest BCUT2D eigenvalue weighted by Gasteiger charge is -2.34. The van der Waals surface area contributed by atoms with Gasteiger partial charge < -0.3 is 9.67 Å². The zero-order chi connectivity index (χ0) is 14.5. The average Bonchev–Trinajstić information content (AvgIpc) is 2.66. The molecule has 3 rings (SSSR count). The van der Waals surface area contributed by atoms with Crippen LogP contribution in [-0.2, 0) is 6.42 Å². The van der Waals surface area contributed by atoms with Gasteiger partial charge in [-0.2, -0.15) is 0 Å². The number of hydrogen-bond acceptors (Lipinski definition) is 1. The predicted molar refractivity (Wildman–Crippen MR) is 85.3 cm³/mol. The van der Waals surface area contributed by atoms with E-state index in [-0.39, 0.29) is 11.5 Å². The first kappa shape index (κ1) is 13.9. The number of benzene rings is 1. The van der Waals surface area contributed by atoms with Crippen molar-refractivity contribution in [2.45, 2.75) is 39.7 Å². The Morgan fingerprint density at radius 1 is 1.30 bits per heavy atom. The number of rotatable bonds is 1. The van der Waals surface area contributed by atoms with E-state index in [0.29, 0.717) is 0 Å². The Morgan fingerprint density at radius 3 is 2.70 bits per heavy atom. The second-order valence-electron chi connectivity index (χ2n) is 6.54. The van der Waals surface area contributed by atoms with Crippen LogP contribution < -0.4 is 0 Å². The summed E-state index contributed by atoms with van der Waals surface area (Å²) in [6, 6.07) is 10.4. The van der Waals surface area contributed by atoms with Gasteiger partial charge in [0.2, 0.25) is 0 Å². The number of aliphatic hydroxyl groups is 1. The van der Waals surface area contributed by atoms with Crippen LogP contribution in [0.5, 0.6) is 0 Å². The van der Waals surface area contributed by atoms with Gasteiger partial charge in [-0.1, -0.05) is 26.0 Å². The van der Waals surface area contributed by atoms with E-state index in [1.807, 2.05) is 6.07 Å². The normalized spacial score (nSPS) is 20.8. The van der Waals surface area contributed by atoms with Crippen molar-refractivity contribution in [1.82, 2.24) is 4.57 Å². The highest BCUT2D eigenvalue weighted by Crippen LogP contribution is 2.43. The number of aryl methyl sites for hydroxylation is 1. The molecule has 1 atom stereocenters. The summed E-state index contributed by atoms with van der Waals surface area (Å²) in [7, 11) is 0. The largest absolute Gasteiger partial charge is 0.388 e. The maximum absolute atomic E-state index is 10.4. The summed E-state index contributed by atoms with van der Waals surface area (Å²) < 4.78 is 3.36. The molecule has 0 spiro atoms. The summed E-state index contributed by atoms with van der Waals surface area (Å²) in [5.41, 5.74) is 4.81. The van der Waals surface area contributed by atoms with Crippen LogP contribution in [0.25, 0.3) is 5.69 Å². The fourth-order valence-electron chi connectivity index (χ4n) is 3.31. The fourth-order valence-corrected chi connectivity index (χ4v) is 3.77. The summed E-state index contributed by atoms with van der Waals surface area (Å²) >= 11 is 3.64. The van der Waals surface area contributed by atoms with Gasteiger partial charge in [0.05, 0.1) is 11.8 Å². The Kier molecular flexibility index (Phi) is 3.30. The highest BCUT2D eigenvalue weighted by molar-refractivity contribution is 9.10. The van der Waals surface area contributed by atoms with Crippen molar-refractivity contribution < 1.29 is 5.11 Å². The molecule has 1 aliphatic rings. The van der Waals surface area contributed by atoms with Gasteiger partial charge in [-0.3, -0.25) is 0 Å². The monoisotopic (exact) mass is 333 g/mol. The number of hydrogen-bond donors (Lipinski definition) is 1. The quantitative estimate of drug-likeness (QED) is 0.813. The van der Waals surface area contributed by atoms with E-state index >= 15 is 0 Å². The summed E-state index contributed by atoms with van der Waals surface area (Å²) in [5, 5.41) is 10.4. The third kappa shape index (κ3) is 2.23. The van der Waals surface area contributed by atoms with Crippen LogP contribution in [0.4, 0.5) is 0 Å². The van der Waals surface area contributed by atoms with Crippen LogP contribution in [0.1, 0.15) is 43.3 Å². The molecule has 0 radical (unpaired) electrons. The third-order valence-electron chi connectivity index (χ3n) is 4.16. The summed E-state index contributed by atoms with van der Waals surface area (Å²) in [6.45, 7) is 6.56. The van der Waals surface area contributed by atoms with E-state index < -0.39 is 0 Å². The molecule has 0 aliphatic heterocycles. The van der Waals surface area contributed by atoms with E-state index in [0.717, 1.165) is 28.6 Å². The van der Waals surface area contributed by atoms with E-state index in [4.69, 9.17) is 0 Å². The molecule has 2 nitrogen and oxygen atoms in total. The first-order valence-electron chi connectivity index (χ1n) is 7.03. The van der Waals surface area contributed by atoms with E-state index in [2.05, 4.69) is 65.5 Å². The molecule has 1 aromatic heterocycles. The zero-order valence-electron chi connectivity index (χ0n) is 12.2. The molecule has 2 aromatic rings. The molecule has 1 heterocycles. The summed E-state index contributed by atoms with van der Waals surface area (Å²) in [4.78, 5) is 0. The number of aliphatic hydroxyl groups excluding tert-OH is 1. The average molecular weight is 334 g/mol. The van der Waals surface area contributed by atoms with Gasteiger partial charge in [-0.15, -0.1) is 0 Å². The minimum absolute atomic E-state index is 0.135. The molecular weight excluding hydrogens is 314 g/mol. The predicted octanol–water partition coefficient (Wildman–Crippen LogP) is 4.55. The third-order valence-corrected chi connectivity index (χ3v) is 4.84. The van der Waals surface area contributed by atoms with Crippen molar-refractivity contribution >= 4 is 15.9 Å². The van der Waals surface area contributed by atoms with Crippen molar-refractivity contribution in [3.8, 4) is 5.69 Å². The Labute approximate surface area is 128 Å². The first-order valence-corrected chi connectivity index (χ1v) is 7.82. The van der Waals surface area contributed by atoms with Gasteiger partial charge in [0.1, 0.15) is 0 Å². The maximum Gasteiger partial charge on any atom is 0.0812 e. The van der Waals surface area contributed by atoms with Gasteiger partial charge in [-0.05, 0) is 59.3 Å². The molecule has 1 unspecified atom stereocenters. The molecule has 1 aliphatic carbocycles. The van der Waals surface area contributed by atoms with Crippen molar-refractivity contribution in [2.24, 2.45) is 5.41 Å². The van der Waals surface area contributed by atoms with Crippen LogP contribution in [0.3, 0.4) is 0 Å². The van der Waals surface area contributed by atoms with Crippen LogP contribution in [0.2, 0.25) is 0 Å². The number of nitrogens with zero attached hydrogens (tertiary/aromatic N) is 1. The fraction of sp³-hybridized carbons (Fsp3) is 0.412. The minimum Gasteiger partial charge on any atom is -0.388 e. The Morgan fingerprint density at radius 2 is 2.00 bits per heavy atom. The van der Waals surface area contributed by atoms with Crippen molar-refractivity contribution in [3.63, 3.8) is 0 Å². The topological polar surface area (TPSA) is 25.2 Å². The maximum atomic E-state index is 10.4. The molecule has 0 bridgehead atoms. The minimum atomic E-state index is -0.351. The van der Waals surface area contributed by atoms with Crippen molar-refractivity contribution in [3.05, 3.63) is 51.8 Å². The molecule has 3 heteroatoms. The molecule has 106 valence electrons. The number of fused-ring (bicyclic) bond motifs is 1. The number of aromatic nitrogens is 1. The zero-order valence-corrected chi connectivity index (χ0v) is 13.7. The van der Waals surface area contributed by atoms with E-state index in [1.165, 1.54) is 11.4 Å². The van der Waals surface area contributed by atoms with Crippen LogP contribution in [0, 0.1) is 12.3 Å². The molecule has 0 fully saturated rings. The van der Waals surface area contributed by atoms with Crippen LogP contribution in [0.15, 0.2) is 34.8 Å². The summed E-state index contributed by atoms with van der Waals surface area (Å²) in [5.74, 6) is 0. The highest BCUT2D eigenvalue weighted by Gasteiger charge is 2.34. The Balaban J connectivity index is 2.22. The highest BCUT2D eigenvalue weighted by atomic mass is 79.9. The van der Waals surface area contributed by atoms with Gasteiger partial charge in [0.15, 0.2) is 0 Å². The second-order valence-corrected chi connectivity index (χ2v) is 7.39.